The summed E-state index contributed by atoms with van der Waals surface area (Å²) in [6.07, 6.45) is 8.74. The van der Waals surface area contributed by atoms with E-state index < -0.39 is 0 Å². The van der Waals surface area contributed by atoms with E-state index >= 15 is 0 Å². The standard InChI is InChI=1S/C14H23N3/c1-11-4-3-5-13(10-11)6-8-16-14-7-9-15-12(2)17-14/h7,9,11,13H,3-6,8,10H2,1-2H3,(H,15,16,17). The van der Waals surface area contributed by atoms with Crippen LogP contribution in [0.3, 0.4) is 0 Å². The lowest BCUT2D eigenvalue weighted by Gasteiger charge is -2.26. The third kappa shape index (κ3) is 3.99. The molecule has 2 atom stereocenters. The summed E-state index contributed by atoms with van der Waals surface area (Å²) in [5.41, 5.74) is 0. The van der Waals surface area contributed by atoms with Crippen LogP contribution in [0, 0.1) is 18.8 Å². The van der Waals surface area contributed by atoms with Gasteiger partial charge in [-0.2, -0.15) is 0 Å². The summed E-state index contributed by atoms with van der Waals surface area (Å²) in [5.74, 6) is 3.63. The Morgan fingerprint density at radius 2 is 2.29 bits per heavy atom. The average molecular weight is 233 g/mol. The molecule has 1 fully saturated rings. The van der Waals surface area contributed by atoms with Gasteiger partial charge >= 0.3 is 0 Å². The predicted octanol–water partition coefficient (Wildman–Crippen LogP) is 3.41. The van der Waals surface area contributed by atoms with Crippen LogP contribution in [0.4, 0.5) is 5.82 Å². The quantitative estimate of drug-likeness (QED) is 0.866. The smallest absolute Gasteiger partial charge is 0.129 e. The van der Waals surface area contributed by atoms with Gasteiger partial charge in [-0.05, 0) is 37.7 Å². The zero-order valence-corrected chi connectivity index (χ0v) is 10.9. The summed E-state index contributed by atoms with van der Waals surface area (Å²) in [6, 6.07) is 1.94. The molecule has 2 rings (SSSR count). The van der Waals surface area contributed by atoms with Crippen molar-refractivity contribution in [1.29, 1.82) is 0 Å². The summed E-state index contributed by atoms with van der Waals surface area (Å²) in [4.78, 5) is 8.45. The van der Waals surface area contributed by atoms with Crippen LogP contribution in [-0.4, -0.2) is 16.5 Å². The normalized spacial score (nSPS) is 24.6. The fourth-order valence-corrected chi connectivity index (χ4v) is 2.78. The number of hydrogen-bond acceptors (Lipinski definition) is 3. The molecule has 0 saturated heterocycles. The van der Waals surface area contributed by atoms with Gasteiger partial charge in [-0.1, -0.05) is 26.2 Å². The van der Waals surface area contributed by atoms with Crippen molar-refractivity contribution >= 4 is 5.82 Å². The number of nitrogens with zero attached hydrogens (tertiary/aromatic N) is 2. The minimum absolute atomic E-state index is 0.835. The molecule has 1 aliphatic rings. The van der Waals surface area contributed by atoms with E-state index in [0.29, 0.717) is 0 Å². The molecule has 94 valence electrons. The second kappa shape index (κ2) is 5.99. The summed E-state index contributed by atoms with van der Waals surface area (Å²) < 4.78 is 0. The topological polar surface area (TPSA) is 37.8 Å². The van der Waals surface area contributed by atoms with Crippen LogP contribution < -0.4 is 5.32 Å². The van der Waals surface area contributed by atoms with Crippen molar-refractivity contribution in [2.45, 2.75) is 46.0 Å². The molecular weight excluding hydrogens is 210 g/mol. The maximum Gasteiger partial charge on any atom is 0.129 e. The van der Waals surface area contributed by atoms with Crippen molar-refractivity contribution in [3.8, 4) is 0 Å². The number of aromatic nitrogens is 2. The Kier molecular flexibility index (Phi) is 4.35. The van der Waals surface area contributed by atoms with Gasteiger partial charge in [0.05, 0.1) is 0 Å². The summed E-state index contributed by atoms with van der Waals surface area (Å²) in [5, 5.41) is 3.40. The highest BCUT2D eigenvalue weighted by Gasteiger charge is 2.18. The van der Waals surface area contributed by atoms with E-state index in [1.165, 1.54) is 32.1 Å². The highest BCUT2D eigenvalue weighted by Crippen LogP contribution is 2.30. The Bertz CT molecular complexity index is 351. The van der Waals surface area contributed by atoms with Gasteiger partial charge in [0.2, 0.25) is 0 Å². The molecule has 0 aromatic carbocycles. The molecule has 0 aliphatic heterocycles. The van der Waals surface area contributed by atoms with E-state index in [-0.39, 0.29) is 0 Å². The first-order chi connectivity index (χ1) is 8.24. The molecule has 2 unspecified atom stereocenters. The Morgan fingerprint density at radius 1 is 1.41 bits per heavy atom. The van der Waals surface area contributed by atoms with Crippen molar-refractivity contribution in [3.63, 3.8) is 0 Å². The number of nitrogens with one attached hydrogen (secondary N) is 1. The van der Waals surface area contributed by atoms with Crippen LogP contribution in [-0.2, 0) is 0 Å². The second-order valence-corrected chi connectivity index (χ2v) is 5.34. The first-order valence-corrected chi connectivity index (χ1v) is 6.77. The van der Waals surface area contributed by atoms with Gasteiger partial charge in [-0.3, -0.25) is 0 Å². The number of aryl methyl sites for hydroxylation is 1. The molecule has 3 heteroatoms. The molecule has 1 saturated carbocycles. The molecule has 0 radical (unpaired) electrons. The van der Waals surface area contributed by atoms with E-state index in [1.807, 2.05) is 19.2 Å². The third-order valence-electron chi connectivity index (χ3n) is 3.68. The molecule has 1 heterocycles. The van der Waals surface area contributed by atoms with Gasteiger partial charge in [0.15, 0.2) is 0 Å². The fraction of sp³-hybridized carbons (Fsp3) is 0.714. The fourth-order valence-electron chi connectivity index (χ4n) is 2.78. The predicted molar refractivity (Wildman–Crippen MR) is 71.0 cm³/mol. The number of rotatable bonds is 4. The summed E-state index contributed by atoms with van der Waals surface area (Å²) in [7, 11) is 0. The van der Waals surface area contributed by atoms with E-state index in [0.717, 1.165) is 30.0 Å². The highest BCUT2D eigenvalue weighted by molar-refractivity contribution is 5.32. The maximum atomic E-state index is 4.35. The van der Waals surface area contributed by atoms with Crippen molar-refractivity contribution in [3.05, 3.63) is 18.1 Å². The van der Waals surface area contributed by atoms with Gasteiger partial charge in [0.1, 0.15) is 11.6 Å². The largest absolute Gasteiger partial charge is 0.370 e. The monoisotopic (exact) mass is 233 g/mol. The Balaban J connectivity index is 1.72. The van der Waals surface area contributed by atoms with Crippen molar-refractivity contribution in [1.82, 2.24) is 9.97 Å². The SMILES string of the molecule is Cc1nccc(NCCC2CCCC(C)C2)n1. The van der Waals surface area contributed by atoms with Crippen LogP contribution in [0.25, 0.3) is 0 Å². The molecular formula is C14H23N3. The van der Waals surface area contributed by atoms with E-state index in [9.17, 15) is 0 Å². The zero-order valence-electron chi connectivity index (χ0n) is 10.9. The second-order valence-electron chi connectivity index (χ2n) is 5.34. The molecule has 17 heavy (non-hydrogen) atoms. The van der Waals surface area contributed by atoms with Crippen LogP contribution in [0.2, 0.25) is 0 Å². The third-order valence-corrected chi connectivity index (χ3v) is 3.68. The van der Waals surface area contributed by atoms with E-state index in [1.54, 1.807) is 0 Å². The number of anilines is 1. The lowest BCUT2D eigenvalue weighted by atomic mass is 9.81. The highest BCUT2D eigenvalue weighted by atomic mass is 15.0. The van der Waals surface area contributed by atoms with Gasteiger partial charge in [0, 0.05) is 12.7 Å². The summed E-state index contributed by atoms with van der Waals surface area (Å²) >= 11 is 0. The van der Waals surface area contributed by atoms with Crippen molar-refractivity contribution in [2.24, 2.45) is 11.8 Å². The van der Waals surface area contributed by atoms with Gasteiger partial charge in [0.25, 0.3) is 0 Å². The lowest BCUT2D eigenvalue weighted by Crippen LogP contribution is -2.17. The first-order valence-electron chi connectivity index (χ1n) is 6.77. The van der Waals surface area contributed by atoms with Gasteiger partial charge in [-0.15, -0.1) is 0 Å². The minimum atomic E-state index is 0.835. The molecule has 1 aliphatic carbocycles. The summed E-state index contributed by atoms with van der Waals surface area (Å²) in [6.45, 7) is 5.34. The number of hydrogen-bond donors (Lipinski definition) is 1. The molecule has 0 amide bonds. The Morgan fingerprint density at radius 3 is 3.06 bits per heavy atom. The van der Waals surface area contributed by atoms with Crippen LogP contribution in [0.5, 0.6) is 0 Å². The Hall–Kier alpha value is -1.12. The average Bonchev–Trinajstić information content (AvgIpc) is 2.29. The molecule has 3 nitrogen and oxygen atoms in total. The Labute approximate surface area is 104 Å². The van der Waals surface area contributed by atoms with Crippen molar-refractivity contribution in [2.75, 3.05) is 11.9 Å². The van der Waals surface area contributed by atoms with Gasteiger partial charge < -0.3 is 5.32 Å². The lowest BCUT2D eigenvalue weighted by molar-refractivity contribution is 0.274. The molecule has 1 N–H and O–H groups in total. The van der Waals surface area contributed by atoms with E-state index in [4.69, 9.17) is 0 Å². The zero-order chi connectivity index (χ0) is 12.1. The maximum absolute atomic E-state index is 4.35. The van der Waals surface area contributed by atoms with Crippen LogP contribution in [0.15, 0.2) is 12.3 Å². The first kappa shape index (κ1) is 12.3. The van der Waals surface area contributed by atoms with Crippen LogP contribution in [0.1, 0.15) is 44.9 Å². The molecule has 0 spiro atoms. The van der Waals surface area contributed by atoms with Crippen molar-refractivity contribution < 1.29 is 0 Å². The molecule has 1 aromatic heterocycles. The molecule has 0 bridgehead atoms. The minimum Gasteiger partial charge on any atom is -0.370 e. The van der Waals surface area contributed by atoms with Gasteiger partial charge in [-0.25, -0.2) is 9.97 Å². The van der Waals surface area contributed by atoms with E-state index in [2.05, 4.69) is 22.2 Å². The van der Waals surface area contributed by atoms with Crippen LogP contribution >= 0.6 is 0 Å². The molecule has 1 aromatic rings.